The highest BCUT2D eigenvalue weighted by Gasteiger charge is 2.45. The largest absolute Gasteiger partial charge is 0.491 e. The molecule has 5 heteroatoms. The third-order valence-corrected chi connectivity index (χ3v) is 4.20. The van der Waals surface area contributed by atoms with Crippen molar-refractivity contribution in [1.82, 2.24) is 4.90 Å². The molecule has 1 aliphatic heterocycles. The second-order valence-corrected chi connectivity index (χ2v) is 6.24. The molecule has 4 nitrogen and oxygen atoms in total. The van der Waals surface area contributed by atoms with Gasteiger partial charge >= 0.3 is 0 Å². The van der Waals surface area contributed by atoms with E-state index in [2.05, 4.69) is 0 Å². The number of para-hydroxylation sites is 1. The zero-order chi connectivity index (χ0) is 14.2. The van der Waals surface area contributed by atoms with Crippen molar-refractivity contribution in [2.24, 2.45) is 11.1 Å². The highest BCUT2D eigenvalue weighted by molar-refractivity contribution is 7.80. The molecule has 0 spiro atoms. The number of hydrogen-bond donors (Lipinski definition) is 1. The fraction of sp³-hybridized carbons (Fsp3) is 0.467. The summed E-state index contributed by atoms with van der Waals surface area (Å²) < 4.78 is 5.65. The van der Waals surface area contributed by atoms with Gasteiger partial charge in [0, 0.05) is 13.0 Å². The summed E-state index contributed by atoms with van der Waals surface area (Å²) in [6, 6.07) is 7.42. The molecule has 0 aromatic heterocycles. The van der Waals surface area contributed by atoms with Crippen LogP contribution in [0.1, 0.15) is 29.6 Å². The van der Waals surface area contributed by atoms with E-state index in [0.717, 1.165) is 25.8 Å². The smallest absolute Gasteiger partial charge is 0.257 e. The Bertz CT molecular complexity index is 555. The van der Waals surface area contributed by atoms with E-state index >= 15 is 0 Å². The monoisotopic (exact) mass is 290 g/mol. The summed E-state index contributed by atoms with van der Waals surface area (Å²) in [7, 11) is 0. The van der Waals surface area contributed by atoms with Gasteiger partial charge in [-0.3, -0.25) is 4.79 Å². The molecule has 20 heavy (non-hydrogen) atoms. The van der Waals surface area contributed by atoms with E-state index in [-0.39, 0.29) is 11.3 Å². The Hall–Kier alpha value is -1.62. The van der Waals surface area contributed by atoms with Crippen LogP contribution >= 0.6 is 12.2 Å². The molecule has 0 bridgehead atoms. The Morgan fingerprint density at radius 3 is 2.85 bits per heavy atom. The summed E-state index contributed by atoms with van der Waals surface area (Å²) in [5.74, 6) is 0.728. The van der Waals surface area contributed by atoms with Gasteiger partial charge in [-0.2, -0.15) is 0 Å². The van der Waals surface area contributed by atoms with Crippen LogP contribution in [0.5, 0.6) is 5.75 Å². The van der Waals surface area contributed by atoms with Crippen molar-refractivity contribution in [2.75, 3.05) is 19.7 Å². The van der Waals surface area contributed by atoms with E-state index in [1.807, 2.05) is 29.2 Å². The van der Waals surface area contributed by atoms with Crippen molar-refractivity contribution >= 4 is 23.1 Å². The van der Waals surface area contributed by atoms with Crippen LogP contribution in [0, 0.1) is 5.41 Å². The van der Waals surface area contributed by atoms with Gasteiger partial charge in [-0.05, 0) is 30.4 Å². The molecule has 106 valence electrons. The number of benzene rings is 1. The van der Waals surface area contributed by atoms with Crippen LogP contribution in [0.15, 0.2) is 24.3 Å². The maximum Gasteiger partial charge on any atom is 0.257 e. The third kappa shape index (κ3) is 2.63. The topological polar surface area (TPSA) is 55.6 Å². The van der Waals surface area contributed by atoms with E-state index in [4.69, 9.17) is 22.7 Å². The normalized spacial score (nSPS) is 19.8. The van der Waals surface area contributed by atoms with Crippen LogP contribution in [0.3, 0.4) is 0 Å². The third-order valence-electron chi connectivity index (χ3n) is 4.06. The first-order valence-electron chi connectivity index (χ1n) is 6.89. The fourth-order valence-electron chi connectivity index (χ4n) is 2.80. The number of amides is 1. The lowest BCUT2D eigenvalue weighted by Crippen LogP contribution is -2.38. The summed E-state index contributed by atoms with van der Waals surface area (Å²) in [6.45, 7) is 1.87. The molecule has 0 saturated heterocycles. The molecule has 1 fully saturated rings. The van der Waals surface area contributed by atoms with E-state index in [1.54, 1.807) is 0 Å². The standard InChI is InChI=1S/C15H18N2O2S/c16-13(20)9-15(5-6-15)10-17-7-8-19-12-4-2-1-3-11(12)14(17)18/h1-4H,5-10H2,(H2,16,20). The molecule has 0 unspecified atom stereocenters. The molecule has 1 saturated carbocycles. The average molecular weight is 290 g/mol. The first kappa shape index (κ1) is 13.4. The van der Waals surface area contributed by atoms with Crippen molar-refractivity contribution in [1.29, 1.82) is 0 Å². The predicted molar refractivity (Wildman–Crippen MR) is 80.9 cm³/mol. The number of thiocarbonyl (C=S) groups is 1. The van der Waals surface area contributed by atoms with Crippen molar-refractivity contribution in [3.63, 3.8) is 0 Å². The molecule has 1 aromatic rings. The summed E-state index contributed by atoms with van der Waals surface area (Å²) in [4.78, 5) is 15.0. The molecule has 0 atom stereocenters. The average Bonchev–Trinajstić information content (AvgIpc) is 3.17. The van der Waals surface area contributed by atoms with E-state index < -0.39 is 0 Å². The maximum absolute atomic E-state index is 12.6. The van der Waals surface area contributed by atoms with Crippen LogP contribution in [-0.4, -0.2) is 35.5 Å². The molecule has 1 heterocycles. The zero-order valence-electron chi connectivity index (χ0n) is 11.3. The number of carbonyl (C=O) groups is 1. The minimum Gasteiger partial charge on any atom is -0.491 e. The SMILES string of the molecule is NC(=S)CC1(CN2CCOc3ccccc3C2=O)CC1. The summed E-state index contributed by atoms with van der Waals surface area (Å²) in [6.07, 6.45) is 2.92. The van der Waals surface area contributed by atoms with Gasteiger partial charge in [0.15, 0.2) is 0 Å². The molecule has 2 N–H and O–H groups in total. The maximum atomic E-state index is 12.6. The number of rotatable bonds is 4. The van der Waals surface area contributed by atoms with Gasteiger partial charge < -0.3 is 15.4 Å². The molecular formula is C15H18N2O2S. The Kier molecular flexibility index (Phi) is 3.38. The van der Waals surface area contributed by atoms with Crippen LogP contribution in [-0.2, 0) is 0 Å². The van der Waals surface area contributed by atoms with Crippen molar-refractivity contribution in [2.45, 2.75) is 19.3 Å². The number of nitrogens with zero attached hydrogens (tertiary/aromatic N) is 1. The second-order valence-electron chi connectivity index (χ2n) is 5.71. The first-order chi connectivity index (χ1) is 9.60. The van der Waals surface area contributed by atoms with Crippen molar-refractivity contribution < 1.29 is 9.53 Å². The molecule has 3 rings (SSSR count). The summed E-state index contributed by atoms with van der Waals surface area (Å²) >= 11 is 5.02. The number of fused-ring (bicyclic) bond motifs is 1. The Labute approximate surface area is 123 Å². The Balaban J connectivity index is 1.78. The van der Waals surface area contributed by atoms with Gasteiger partial charge in [0.25, 0.3) is 5.91 Å². The van der Waals surface area contributed by atoms with E-state index in [9.17, 15) is 4.79 Å². The van der Waals surface area contributed by atoms with Crippen molar-refractivity contribution in [3.05, 3.63) is 29.8 Å². The first-order valence-corrected chi connectivity index (χ1v) is 7.30. The summed E-state index contributed by atoms with van der Waals surface area (Å²) in [5.41, 5.74) is 6.43. The van der Waals surface area contributed by atoms with Crippen LogP contribution in [0.2, 0.25) is 0 Å². The van der Waals surface area contributed by atoms with Gasteiger partial charge in [0.1, 0.15) is 12.4 Å². The molecule has 2 aliphatic rings. The van der Waals surface area contributed by atoms with Gasteiger partial charge in [0.2, 0.25) is 0 Å². The molecule has 0 radical (unpaired) electrons. The highest BCUT2D eigenvalue weighted by atomic mass is 32.1. The lowest BCUT2D eigenvalue weighted by atomic mass is 10.0. The van der Waals surface area contributed by atoms with Gasteiger partial charge in [-0.25, -0.2) is 0 Å². The number of carbonyl (C=O) groups excluding carboxylic acids is 1. The minimum atomic E-state index is 0.0484. The van der Waals surface area contributed by atoms with Gasteiger partial charge in [-0.15, -0.1) is 0 Å². The second kappa shape index (κ2) is 5.05. The van der Waals surface area contributed by atoms with Crippen LogP contribution in [0.25, 0.3) is 0 Å². The van der Waals surface area contributed by atoms with E-state index in [1.165, 1.54) is 0 Å². The van der Waals surface area contributed by atoms with Crippen molar-refractivity contribution in [3.8, 4) is 5.75 Å². The molecule has 1 aromatic carbocycles. The number of nitrogens with two attached hydrogens (primary N) is 1. The predicted octanol–water partition coefficient (Wildman–Crippen LogP) is 1.98. The van der Waals surface area contributed by atoms with Crippen LogP contribution in [0.4, 0.5) is 0 Å². The quantitative estimate of drug-likeness (QED) is 0.862. The fourth-order valence-corrected chi connectivity index (χ4v) is 3.11. The van der Waals surface area contributed by atoms with Gasteiger partial charge in [0.05, 0.1) is 17.1 Å². The Morgan fingerprint density at radius 2 is 2.15 bits per heavy atom. The molecule has 1 amide bonds. The lowest BCUT2D eigenvalue weighted by molar-refractivity contribution is 0.0719. The lowest BCUT2D eigenvalue weighted by Gasteiger charge is -2.25. The zero-order valence-corrected chi connectivity index (χ0v) is 12.1. The van der Waals surface area contributed by atoms with Gasteiger partial charge in [-0.1, -0.05) is 24.4 Å². The molecule has 1 aliphatic carbocycles. The van der Waals surface area contributed by atoms with Crippen LogP contribution < -0.4 is 10.5 Å². The highest BCUT2D eigenvalue weighted by Crippen LogP contribution is 2.49. The minimum absolute atomic E-state index is 0.0484. The van der Waals surface area contributed by atoms with E-state index in [0.29, 0.717) is 29.5 Å². The Morgan fingerprint density at radius 1 is 1.40 bits per heavy atom. The summed E-state index contributed by atoms with van der Waals surface area (Å²) in [5, 5.41) is 0. The number of hydrogen-bond acceptors (Lipinski definition) is 3. The number of ether oxygens (including phenoxy) is 1. The molecular weight excluding hydrogens is 272 g/mol.